The highest BCUT2D eigenvalue weighted by atomic mass is 16.5. The molecule has 5 nitrogen and oxygen atoms in total. The van der Waals surface area contributed by atoms with Gasteiger partial charge in [-0.15, -0.1) is 0 Å². The van der Waals surface area contributed by atoms with Crippen LogP contribution < -0.4 is 15.8 Å². The van der Waals surface area contributed by atoms with E-state index in [1.807, 2.05) is 18.2 Å². The van der Waals surface area contributed by atoms with E-state index in [9.17, 15) is 4.79 Å². The second kappa shape index (κ2) is 5.20. The molecule has 0 saturated heterocycles. The van der Waals surface area contributed by atoms with Crippen molar-refractivity contribution in [2.24, 2.45) is 0 Å². The molecule has 0 saturated carbocycles. The van der Waals surface area contributed by atoms with Gasteiger partial charge in [-0.3, -0.25) is 4.79 Å². The van der Waals surface area contributed by atoms with E-state index >= 15 is 0 Å². The summed E-state index contributed by atoms with van der Waals surface area (Å²) < 4.78 is 5.14. The molecule has 1 aromatic heterocycles. The third-order valence-electron chi connectivity index (χ3n) is 3.35. The molecule has 3 rings (SSSR count). The molecule has 0 radical (unpaired) electrons. The van der Waals surface area contributed by atoms with Crippen molar-refractivity contribution >= 4 is 28.2 Å². The fraction of sp³-hybridized carbons (Fsp3) is 0.0625. The van der Waals surface area contributed by atoms with Crippen molar-refractivity contribution in [1.29, 1.82) is 0 Å². The number of ether oxygens (including phenoxy) is 1. The third kappa shape index (κ3) is 2.41. The van der Waals surface area contributed by atoms with Gasteiger partial charge >= 0.3 is 0 Å². The summed E-state index contributed by atoms with van der Waals surface area (Å²) in [5, 5.41) is 3.70. The van der Waals surface area contributed by atoms with Crippen LogP contribution in [0.2, 0.25) is 0 Å². The number of aromatic nitrogens is 1. The molecule has 0 bridgehead atoms. The van der Waals surface area contributed by atoms with Crippen LogP contribution in [-0.2, 0) is 0 Å². The molecular formula is C16H15N3O2. The minimum atomic E-state index is -0.208. The van der Waals surface area contributed by atoms with Crippen molar-refractivity contribution < 1.29 is 9.53 Å². The summed E-state index contributed by atoms with van der Waals surface area (Å²) in [6.07, 6.45) is 1.81. The van der Waals surface area contributed by atoms with Gasteiger partial charge in [0.05, 0.1) is 18.5 Å². The molecule has 2 aromatic carbocycles. The van der Waals surface area contributed by atoms with Crippen molar-refractivity contribution in [1.82, 2.24) is 4.98 Å². The van der Waals surface area contributed by atoms with Crippen molar-refractivity contribution in [2.45, 2.75) is 0 Å². The molecule has 0 aliphatic carbocycles. The summed E-state index contributed by atoms with van der Waals surface area (Å²) in [5.41, 5.74) is 8.42. The quantitative estimate of drug-likeness (QED) is 0.645. The number of nitrogens with one attached hydrogen (secondary N) is 2. The van der Waals surface area contributed by atoms with Crippen molar-refractivity contribution in [3.05, 3.63) is 54.2 Å². The Balaban J connectivity index is 1.95. The minimum absolute atomic E-state index is 0.208. The predicted molar refractivity (Wildman–Crippen MR) is 83.7 cm³/mol. The highest BCUT2D eigenvalue weighted by Gasteiger charge is 2.12. The summed E-state index contributed by atoms with van der Waals surface area (Å²) >= 11 is 0. The first-order valence-electron chi connectivity index (χ1n) is 6.50. The number of hydrogen-bond donors (Lipinski definition) is 3. The fourth-order valence-corrected chi connectivity index (χ4v) is 2.24. The monoisotopic (exact) mass is 281 g/mol. The molecule has 1 amide bonds. The van der Waals surface area contributed by atoms with Gasteiger partial charge in [-0.1, -0.05) is 6.07 Å². The highest BCUT2D eigenvalue weighted by molar-refractivity contribution is 6.13. The van der Waals surface area contributed by atoms with E-state index in [0.717, 1.165) is 10.9 Å². The van der Waals surface area contributed by atoms with Gasteiger partial charge in [-0.25, -0.2) is 0 Å². The van der Waals surface area contributed by atoms with Crippen LogP contribution in [0, 0.1) is 0 Å². The molecule has 0 aliphatic rings. The van der Waals surface area contributed by atoms with Gasteiger partial charge in [0.15, 0.2) is 0 Å². The van der Waals surface area contributed by atoms with E-state index in [-0.39, 0.29) is 5.91 Å². The zero-order valence-corrected chi connectivity index (χ0v) is 11.5. The number of methoxy groups -OCH3 is 1. The summed E-state index contributed by atoms with van der Waals surface area (Å²) in [6.45, 7) is 0. The van der Waals surface area contributed by atoms with Crippen molar-refractivity contribution in [3.63, 3.8) is 0 Å². The number of H-pyrrole nitrogens is 1. The molecule has 3 aromatic rings. The van der Waals surface area contributed by atoms with E-state index in [4.69, 9.17) is 10.5 Å². The Bertz CT molecular complexity index is 808. The standard InChI is InChI=1S/C16H15N3O2/c1-21-10-5-6-13(17)15(9-10)19-16(20)12-3-2-4-14-11(12)7-8-18-14/h2-9,18H,17H2,1H3,(H,19,20). The lowest BCUT2D eigenvalue weighted by molar-refractivity contribution is 0.102. The summed E-state index contributed by atoms with van der Waals surface area (Å²) in [5.74, 6) is 0.430. The summed E-state index contributed by atoms with van der Waals surface area (Å²) in [7, 11) is 1.57. The normalized spacial score (nSPS) is 10.5. The lowest BCUT2D eigenvalue weighted by atomic mass is 10.1. The number of rotatable bonds is 3. The molecule has 0 spiro atoms. The Morgan fingerprint density at radius 1 is 1.24 bits per heavy atom. The van der Waals surface area contributed by atoms with Crippen LogP contribution in [0.5, 0.6) is 5.75 Å². The van der Waals surface area contributed by atoms with E-state index < -0.39 is 0 Å². The van der Waals surface area contributed by atoms with Crippen LogP contribution in [0.25, 0.3) is 10.9 Å². The zero-order valence-electron chi connectivity index (χ0n) is 11.5. The average molecular weight is 281 g/mol. The molecule has 1 heterocycles. The van der Waals surface area contributed by atoms with Gasteiger partial charge in [0.1, 0.15) is 5.75 Å². The lowest BCUT2D eigenvalue weighted by Gasteiger charge is -2.10. The molecule has 0 atom stereocenters. The van der Waals surface area contributed by atoms with Gasteiger partial charge in [0.25, 0.3) is 5.91 Å². The number of aromatic amines is 1. The van der Waals surface area contributed by atoms with Crippen LogP contribution in [0.4, 0.5) is 11.4 Å². The largest absolute Gasteiger partial charge is 0.497 e. The summed E-state index contributed by atoms with van der Waals surface area (Å²) in [6, 6.07) is 12.6. The third-order valence-corrected chi connectivity index (χ3v) is 3.35. The second-order valence-corrected chi connectivity index (χ2v) is 4.65. The first-order chi connectivity index (χ1) is 10.2. The number of carbonyl (C=O) groups excluding carboxylic acids is 1. The second-order valence-electron chi connectivity index (χ2n) is 4.65. The molecule has 0 unspecified atom stereocenters. The SMILES string of the molecule is COc1ccc(N)c(NC(=O)c2cccc3[nH]ccc23)c1. The Morgan fingerprint density at radius 3 is 2.90 bits per heavy atom. The van der Waals surface area contributed by atoms with Gasteiger partial charge in [-0.05, 0) is 30.3 Å². The molecule has 0 fully saturated rings. The number of anilines is 2. The molecule has 21 heavy (non-hydrogen) atoms. The van der Waals surface area contributed by atoms with Crippen LogP contribution >= 0.6 is 0 Å². The topological polar surface area (TPSA) is 80.1 Å². The Labute approximate surface area is 121 Å². The van der Waals surface area contributed by atoms with Crippen LogP contribution in [0.3, 0.4) is 0 Å². The van der Waals surface area contributed by atoms with Crippen LogP contribution in [-0.4, -0.2) is 18.0 Å². The predicted octanol–water partition coefficient (Wildman–Crippen LogP) is 3.01. The number of hydrogen-bond acceptors (Lipinski definition) is 3. The molecule has 106 valence electrons. The number of nitrogen functional groups attached to an aromatic ring is 1. The number of amides is 1. The Kier molecular flexibility index (Phi) is 3.23. The van der Waals surface area contributed by atoms with E-state index in [2.05, 4.69) is 10.3 Å². The van der Waals surface area contributed by atoms with Gasteiger partial charge in [0, 0.05) is 28.7 Å². The van der Waals surface area contributed by atoms with E-state index in [1.54, 1.807) is 37.6 Å². The summed E-state index contributed by atoms with van der Waals surface area (Å²) in [4.78, 5) is 15.5. The first kappa shape index (κ1) is 13.1. The zero-order chi connectivity index (χ0) is 14.8. The number of fused-ring (bicyclic) bond motifs is 1. The maximum absolute atomic E-state index is 12.5. The highest BCUT2D eigenvalue weighted by Crippen LogP contribution is 2.26. The Hall–Kier alpha value is -2.95. The Morgan fingerprint density at radius 2 is 2.10 bits per heavy atom. The minimum Gasteiger partial charge on any atom is -0.497 e. The van der Waals surface area contributed by atoms with Crippen LogP contribution in [0.15, 0.2) is 48.7 Å². The first-order valence-corrected chi connectivity index (χ1v) is 6.50. The smallest absolute Gasteiger partial charge is 0.256 e. The fourth-order valence-electron chi connectivity index (χ4n) is 2.24. The molecule has 4 N–H and O–H groups in total. The van der Waals surface area contributed by atoms with E-state index in [0.29, 0.717) is 22.7 Å². The molecular weight excluding hydrogens is 266 g/mol. The number of carbonyl (C=O) groups is 1. The number of benzene rings is 2. The van der Waals surface area contributed by atoms with Gasteiger partial charge in [0.2, 0.25) is 0 Å². The number of nitrogens with two attached hydrogens (primary N) is 1. The molecule has 5 heteroatoms. The van der Waals surface area contributed by atoms with Crippen LogP contribution in [0.1, 0.15) is 10.4 Å². The molecule has 0 aliphatic heterocycles. The maximum atomic E-state index is 12.5. The maximum Gasteiger partial charge on any atom is 0.256 e. The van der Waals surface area contributed by atoms with Gasteiger partial charge < -0.3 is 20.8 Å². The lowest BCUT2D eigenvalue weighted by Crippen LogP contribution is -2.13. The average Bonchev–Trinajstić information content (AvgIpc) is 2.97. The van der Waals surface area contributed by atoms with Gasteiger partial charge in [-0.2, -0.15) is 0 Å². The van der Waals surface area contributed by atoms with Crippen molar-refractivity contribution in [3.8, 4) is 5.75 Å². The van der Waals surface area contributed by atoms with Crippen molar-refractivity contribution in [2.75, 3.05) is 18.2 Å². The van der Waals surface area contributed by atoms with E-state index in [1.165, 1.54) is 0 Å².